The van der Waals surface area contributed by atoms with Gasteiger partial charge < -0.3 is 19.1 Å². The van der Waals surface area contributed by atoms with Crippen LogP contribution in [-0.2, 0) is 15.0 Å². The molecular weight excluding hydrogens is 676 g/mol. The molecule has 1 N–H and O–H groups in total. The van der Waals surface area contributed by atoms with Crippen molar-refractivity contribution in [1.82, 2.24) is 30.3 Å². The van der Waals surface area contributed by atoms with Crippen molar-refractivity contribution in [3.63, 3.8) is 0 Å². The van der Waals surface area contributed by atoms with Crippen molar-refractivity contribution >= 4 is 35.0 Å². The second-order valence-electron chi connectivity index (χ2n) is 13.9. The van der Waals surface area contributed by atoms with Gasteiger partial charge in [0.15, 0.2) is 5.75 Å². The van der Waals surface area contributed by atoms with E-state index in [-0.39, 0.29) is 29.4 Å². The predicted molar refractivity (Wildman–Crippen MR) is 192 cm³/mol. The van der Waals surface area contributed by atoms with Gasteiger partial charge in [-0.3, -0.25) is 29.4 Å². The Kier molecular flexibility index (Phi) is 8.44. The van der Waals surface area contributed by atoms with Crippen LogP contribution in [0, 0.1) is 6.92 Å². The van der Waals surface area contributed by atoms with Crippen molar-refractivity contribution in [2.75, 3.05) is 29.6 Å². The lowest BCUT2D eigenvalue weighted by atomic mass is 9.78. The summed E-state index contributed by atoms with van der Waals surface area (Å²) in [6.45, 7) is 8.35. The number of aryl methyl sites for hydroxylation is 1. The summed E-state index contributed by atoms with van der Waals surface area (Å²) in [5, 5.41) is 6.08. The van der Waals surface area contributed by atoms with Crippen LogP contribution in [0.15, 0.2) is 83.6 Å². The van der Waals surface area contributed by atoms with E-state index in [4.69, 9.17) is 9.26 Å². The van der Waals surface area contributed by atoms with Crippen molar-refractivity contribution < 1.29 is 28.4 Å². The lowest BCUT2D eigenvalue weighted by Crippen LogP contribution is -2.54. The molecule has 268 valence electrons. The molecule has 3 aliphatic heterocycles. The molecule has 5 aromatic rings. The number of piperidine rings is 1. The molecule has 3 aromatic carbocycles. The van der Waals surface area contributed by atoms with E-state index in [9.17, 15) is 19.2 Å². The Labute approximate surface area is 304 Å². The van der Waals surface area contributed by atoms with Gasteiger partial charge in [-0.05, 0) is 66.4 Å². The molecule has 1 atom stereocenters. The van der Waals surface area contributed by atoms with Gasteiger partial charge in [-0.2, -0.15) is 4.98 Å². The molecule has 0 bridgehead atoms. The molecule has 0 spiro atoms. The Morgan fingerprint density at radius 3 is 2.09 bits per heavy atom. The lowest BCUT2D eigenvalue weighted by molar-refractivity contribution is -0.136. The molecule has 0 radical (unpaired) electrons. The second kappa shape index (κ2) is 13.3. The van der Waals surface area contributed by atoms with E-state index < -0.39 is 29.7 Å². The van der Waals surface area contributed by atoms with Crippen molar-refractivity contribution in [3.05, 3.63) is 107 Å². The molecule has 1 unspecified atom stereocenters. The number of anilines is 2. The Morgan fingerprint density at radius 2 is 1.43 bits per heavy atom. The maximum absolute atomic E-state index is 13.4. The summed E-state index contributed by atoms with van der Waals surface area (Å²) in [6.07, 6.45) is 4.25. The van der Waals surface area contributed by atoms with Crippen LogP contribution in [-0.4, -0.2) is 74.4 Å². The number of aromatic nitrogens is 4. The van der Waals surface area contributed by atoms with Crippen LogP contribution in [0.25, 0.3) is 11.6 Å². The van der Waals surface area contributed by atoms with Gasteiger partial charge in [-0.1, -0.05) is 43.3 Å². The fourth-order valence-corrected chi connectivity index (χ4v) is 7.08. The lowest BCUT2D eigenvalue weighted by Gasteiger charge is -2.38. The molecule has 0 aliphatic carbocycles. The van der Waals surface area contributed by atoms with Crippen molar-refractivity contribution in [3.8, 4) is 23.1 Å². The number of ether oxygens (including phenoxy) is 1. The zero-order chi connectivity index (χ0) is 36.9. The average molecular weight is 713 g/mol. The highest BCUT2D eigenvalue weighted by molar-refractivity contribution is 6.23. The van der Waals surface area contributed by atoms with Gasteiger partial charge in [0.1, 0.15) is 11.8 Å². The Balaban J connectivity index is 0.917. The summed E-state index contributed by atoms with van der Waals surface area (Å²) >= 11 is 0. The number of rotatable bonds is 8. The second-order valence-corrected chi connectivity index (χ2v) is 13.9. The third-order valence-electron chi connectivity index (χ3n) is 10.1. The van der Waals surface area contributed by atoms with Crippen LogP contribution in [0.2, 0.25) is 0 Å². The highest BCUT2D eigenvalue weighted by Crippen LogP contribution is 2.36. The molecule has 4 amide bonds. The van der Waals surface area contributed by atoms with E-state index in [2.05, 4.69) is 85.5 Å². The number of nitrogens with one attached hydrogen (secondary N) is 1. The number of amides is 4. The third-order valence-corrected chi connectivity index (χ3v) is 10.1. The highest BCUT2D eigenvalue weighted by atomic mass is 16.5. The fourth-order valence-electron chi connectivity index (χ4n) is 7.08. The molecule has 14 nitrogen and oxygen atoms in total. The summed E-state index contributed by atoms with van der Waals surface area (Å²) in [6, 6.07) is 20.8. The van der Waals surface area contributed by atoms with Crippen LogP contribution >= 0.6 is 0 Å². The van der Waals surface area contributed by atoms with Crippen molar-refractivity contribution in [2.45, 2.75) is 51.5 Å². The third kappa shape index (κ3) is 6.36. The molecule has 5 heterocycles. The summed E-state index contributed by atoms with van der Waals surface area (Å²) in [5.74, 6) is 0.234. The Bertz CT molecular complexity index is 2230. The van der Waals surface area contributed by atoms with E-state index >= 15 is 0 Å². The zero-order valence-electron chi connectivity index (χ0n) is 29.4. The minimum atomic E-state index is -0.991. The number of carbonyl (C=O) groups excluding carboxylic acids is 4. The summed E-state index contributed by atoms with van der Waals surface area (Å²) in [4.78, 5) is 68.9. The molecule has 2 aromatic heterocycles. The molecular formula is C39H36N8O6. The molecule has 8 rings (SSSR count). The average Bonchev–Trinajstić information content (AvgIpc) is 3.71. The zero-order valence-corrected chi connectivity index (χ0v) is 29.4. The summed E-state index contributed by atoms with van der Waals surface area (Å²) < 4.78 is 11.0. The van der Waals surface area contributed by atoms with Crippen LogP contribution in [0.5, 0.6) is 11.5 Å². The van der Waals surface area contributed by atoms with E-state index in [1.54, 1.807) is 31.5 Å². The molecule has 53 heavy (non-hydrogen) atoms. The number of carbonyl (C=O) groups is 4. The van der Waals surface area contributed by atoms with E-state index in [1.165, 1.54) is 0 Å². The summed E-state index contributed by atoms with van der Waals surface area (Å²) in [5.41, 5.74) is 4.46. The SMILES string of the molecule is Cc1nc(-c2ncc(Oc3ccc(C(C)(C)c4ccc(N5CCCN(c6ccc7c(c6)C(=O)N(C6CCC(=O)NC6=O)C7=O)C5)cc4)cc3)cn2)no1. The molecule has 2 fully saturated rings. The molecule has 3 aliphatic rings. The first-order valence-electron chi connectivity index (χ1n) is 17.4. The highest BCUT2D eigenvalue weighted by Gasteiger charge is 2.44. The van der Waals surface area contributed by atoms with Crippen LogP contribution in [0.3, 0.4) is 0 Å². The first-order chi connectivity index (χ1) is 25.5. The number of hydrogen-bond acceptors (Lipinski definition) is 12. The predicted octanol–water partition coefficient (Wildman–Crippen LogP) is 5.03. The summed E-state index contributed by atoms with van der Waals surface area (Å²) in [7, 11) is 0. The fraction of sp³-hybridized carbons (Fsp3) is 0.282. The van der Waals surface area contributed by atoms with Crippen LogP contribution in [0.1, 0.15) is 70.8 Å². The number of benzene rings is 3. The smallest absolute Gasteiger partial charge is 0.262 e. The normalized spacial score (nSPS) is 17.6. The van der Waals surface area contributed by atoms with Gasteiger partial charge in [0.05, 0.1) is 30.2 Å². The van der Waals surface area contributed by atoms with E-state index in [1.807, 2.05) is 18.2 Å². The first-order valence-corrected chi connectivity index (χ1v) is 17.4. The van der Waals surface area contributed by atoms with E-state index in [0.717, 1.165) is 46.9 Å². The number of imide groups is 2. The minimum absolute atomic E-state index is 0.0815. The van der Waals surface area contributed by atoms with Gasteiger partial charge in [-0.15, -0.1) is 0 Å². The standard InChI is InChI=1S/C39H36N8O6/c1-23-42-35(44-53-23)34-40-20-29(21-41-34)52-28-12-7-25(8-13-28)39(2,3)24-5-9-26(10-6-24)45-17-4-18-46(22-45)27-11-14-30-31(19-27)38(51)47(37(30)50)32-15-16-33(48)43-36(32)49/h5-14,19-21,32H,4,15-18,22H2,1-3H3,(H,43,48,49). The van der Waals surface area contributed by atoms with Crippen molar-refractivity contribution in [1.29, 1.82) is 0 Å². The monoisotopic (exact) mass is 712 g/mol. The van der Waals surface area contributed by atoms with E-state index in [0.29, 0.717) is 35.7 Å². The van der Waals surface area contributed by atoms with Gasteiger partial charge in [0.2, 0.25) is 29.4 Å². The van der Waals surface area contributed by atoms with Gasteiger partial charge in [-0.25, -0.2) is 9.97 Å². The molecule has 0 saturated carbocycles. The Hall–Kier alpha value is -6.44. The van der Waals surface area contributed by atoms with Gasteiger partial charge in [0, 0.05) is 43.2 Å². The number of fused-ring (bicyclic) bond motifs is 1. The van der Waals surface area contributed by atoms with Gasteiger partial charge in [0.25, 0.3) is 11.8 Å². The maximum atomic E-state index is 13.4. The van der Waals surface area contributed by atoms with Crippen molar-refractivity contribution in [2.24, 2.45) is 0 Å². The molecule has 2 saturated heterocycles. The molecule has 14 heteroatoms. The number of nitrogens with zero attached hydrogens (tertiary/aromatic N) is 7. The number of hydrogen-bond donors (Lipinski definition) is 1. The van der Waals surface area contributed by atoms with Crippen LogP contribution < -0.4 is 19.9 Å². The minimum Gasteiger partial charge on any atom is -0.454 e. The maximum Gasteiger partial charge on any atom is 0.262 e. The topological polar surface area (TPSA) is 164 Å². The Morgan fingerprint density at radius 1 is 0.792 bits per heavy atom. The quantitative estimate of drug-likeness (QED) is 0.214. The van der Waals surface area contributed by atoms with Gasteiger partial charge >= 0.3 is 0 Å². The largest absolute Gasteiger partial charge is 0.454 e. The van der Waals surface area contributed by atoms with Crippen LogP contribution in [0.4, 0.5) is 11.4 Å². The first kappa shape index (κ1) is 33.7.